The molecule has 0 bridgehead atoms. The summed E-state index contributed by atoms with van der Waals surface area (Å²) in [6, 6.07) is 18.6. The number of anilines is 2. The lowest BCUT2D eigenvalue weighted by Crippen LogP contribution is -2.48. The zero-order chi connectivity index (χ0) is 23.1. The van der Waals surface area contributed by atoms with Gasteiger partial charge in [0.15, 0.2) is 0 Å². The standard InChI is InChI=1S/C26H33N3O3S/c1-33(31,32)29-19-26(23-9-5-6-10-24(23)29)15-11-20(12-16-26)25(30)27-21-13-17-28(18-14-21)22-7-3-2-4-8-22/h2-10,20-21H,11-19H2,1H3,(H,27,30). The minimum atomic E-state index is -3.31. The molecule has 1 spiro atoms. The number of fused-ring (bicyclic) bond motifs is 2. The largest absolute Gasteiger partial charge is 0.371 e. The molecule has 5 rings (SSSR count). The molecule has 1 amide bonds. The first-order valence-corrected chi connectivity index (χ1v) is 13.9. The van der Waals surface area contributed by atoms with E-state index < -0.39 is 10.0 Å². The SMILES string of the molecule is CS(=O)(=O)N1CC2(CCC(C(=O)NC3CCN(c4ccccc4)CC3)CC2)c2ccccc21. The number of nitrogens with one attached hydrogen (secondary N) is 1. The molecule has 176 valence electrons. The first kappa shape index (κ1) is 22.3. The van der Waals surface area contributed by atoms with Crippen molar-refractivity contribution in [1.82, 2.24) is 5.32 Å². The normalized spacial score (nSPS) is 25.8. The Balaban J connectivity index is 1.18. The van der Waals surface area contributed by atoms with E-state index in [0.29, 0.717) is 6.54 Å². The first-order chi connectivity index (χ1) is 15.9. The first-order valence-electron chi connectivity index (χ1n) is 12.0. The summed E-state index contributed by atoms with van der Waals surface area (Å²) in [7, 11) is -3.31. The van der Waals surface area contributed by atoms with Gasteiger partial charge in [-0.25, -0.2) is 8.42 Å². The van der Waals surface area contributed by atoms with Gasteiger partial charge >= 0.3 is 0 Å². The molecule has 2 aliphatic heterocycles. The Bertz CT molecular complexity index is 1100. The summed E-state index contributed by atoms with van der Waals surface area (Å²) in [6.45, 7) is 2.42. The number of amides is 1. The molecule has 0 radical (unpaired) electrons. The number of para-hydroxylation sites is 2. The molecule has 3 aliphatic rings. The Morgan fingerprint density at radius 1 is 0.939 bits per heavy atom. The quantitative estimate of drug-likeness (QED) is 0.745. The van der Waals surface area contributed by atoms with Crippen LogP contribution in [0.1, 0.15) is 44.1 Å². The fraction of sp³-hybridized carbons (Fsp3) is 0.500. The maximum absolute atomic E-state index is 13.1. The van der Waals surface area contributed by atoms with E-state index in [9.17, 15) is 13.2 Å². The summed E-state index contributed by atoms with van der Waals surface area (Å²) in [5, 5.41) is 3.32. The third-order valence-corrected chi connectivity index (χ3v) is 8.99. The molecule has 1 N–H and O–H groups in total. The van der Waals surface area contributed by atoms with Crippen LogP contribution in [0.2, 0.25) is 0 Å². The van der Waals surface area contributed by atoms with Crippen molar-refractivity contribution in [2.45, 2.75) is 50.0 Å². The average Bonchev–Trinajstić information content (AvgIpc) is 3.15. The second-order valence-electron chi connectivity index (χ2n) is 9.95. The third kappa shape index (κ3) is 4.35. The third-order valence-electron chi connectivity index (χ3n) is 7.87. The van der Waals surface area contributed by atoms with Crippen molar-refractivity contribution in [1.29, 1.82) is 0 Å². The Hall–Kier alpha value is -2.54. The van der Waals surface area contributed by atoms with Crippen LogP contribution in [0.25, 0.3) is 0 Å². The maximum atomic E-state index is 13.1. The summed E-state index contributed by atoms with van der Waals surface area (Å²) in [5.74, 6) is 0.191. The van der Waals surface area contributed by atoms with Gasteiger partial charge in [0, 0.05) is 42.7 Å². The molecule has 2 aromatic carbocycles. The molecule has 6 nitrogen and oxygen atoms in total. The zero-order valence-corrected chi connectivity index (χ0v) is 20.1. The molecule has 1 saturated heterocycles. The van der Waals surface area contributed by atoms with E-state index in [0.717, 1.165) is 62.9 Å². The molecule has 0 unspecified atom stereocenters. The van der Waals surface area contributed by atoms with Crippen LogP contribution in [-0.2, 0) is 20.2 Å². The van der Waals surface area contributed by atoms with Gasteiger partial charge in [-0.15, -0.1) is 0 Å². The number of benzene rings is 2. The average molecular weight is 468 g/mol. The van der Waals surface area contributed by atoms with Crippen LogP contribution in [0, 0.1) is 5.92 Å². The van der Waals surface area contributed by atoms with E-state index >= 15 is 0 Å². The van der Waals surface area contributed by atoms with E-state index in [1.165, 1.54) is 11.9 Å². The monoisotopic (exact) mass is 467 g/mol. The lowest BCUT2D eigenvalue weighted by atomic mass is 9.67. The van der Waals surface area contributed by atoms with Crippen LogP contribution in [0.3, 0.4) is 0 Å². The van der Waals surface area contributed by atoms with Crippen LogP contribution in [-0.4, -0.2) is 46.3 Å². The lowest BCUT2D eigenvalue weighted by molar-refractivity contribution is -0.127. The number of rotatable bonds is 4. The summed E-state index contributed by atoms with van der Waals surface area (Å²) < 4.78 is 26.3. The maximum Gasteiger partial charge on any atom is 0.232 e. The van der Waals surface area contributed by atoms with E-state index in [-0.39, 0.29) is 23.3 Å². The summed E-state index contributed by atoms with van der Waals surface area (Å²) in [5.41, 5.74) is 3.02. The van der Waals surface area contributed by atoms with Crippen molar-refractivity contribution in [3.8, 4) is 0 Å². The molecule has 0 atom stereocenters. The molecular formula is C26H33N3O3S. The zero-order valence-electron chi connectivity index (χ0n) is 19.2. The van der Waals surface area contributed by atoms with Crippen molar-refractivity contribution in [2.75, 3.05) is 35.1 Å². The van der Waals surface area contributed by atoms with Gasteiger partial charge in [0.1, 0.15) is 0 Å². The van der Waals surface area contributed by atoms with Gasteiger partial charge in [-0.2, -0.15) is 0 Å². The highest BCUT2D eigenvalue weighted by Gasteiger charge is 2.48. The highest BCUT2D eigenvalue weighted by Crippen LogP contribution is 2.50. The van der Waals surface area contributed by atoms with E-state index in [1.54, 1.807) is 4.31 Å². The predicted octanol–water partition coefficient (Wildman–Crippen LogP) is 3.68. The van der Waals surface area contributed by atoms with Crippen molar-refractivity contribution in [2.24, 2.45) is 5.92 Å². The van der Waals surface area contributed by atoms with Crippen LogP contribution in [0.4, 0.5) is 11.4 Å². The number of hydrogen-bond acceptors (Lipinski definition) is 4. The summed E-state index contributed by atoms with van der Waals surface area (Å²) >= 11 is 0. The van der Waals surface area contributed by atoms with Crippen molar-refractivity contribution in [3.05, 3.63) is 60.2 Å². The molecule has 0 aromatic heterocycles. The van der Waals surface area contributed by atoms with E-state index in [4.69, 9.17) is 0 Å². The predicted molar refractivity (Wildman–Crippen MR) is 132 cm³/mol. The number of carbonyl (C=O) groups excluding carboxylic acids is 1. The lowest BCUT2D eigenvalue weighted by Gasteiger charge is -2.38. The summed E-state index contributed by atoms with van der Waals surface area (Å²) in [4.78, 5) is 15.4. The minimum Gasteiger partial charge on any atom is -0.371 e. The summed E-state index contributed by atoms with van der Waals surface area (Å²) in [6.07, 6.45) is 6.52. The van der Waals surface area contributed by atoms with Crippen LogP contribution < -0.4 is 14.5 Å². The number of piperidine rings is 1. The fourth-order valence-electron chi connectivity index (χ4n) is 5.98. The number of hydrogen-bond donors (Lipinski definition) is 1. The van der Waals surface area contributed by atoms with Gasteiger partial charge in [0.05, 0.1) is 11.9 Å². The molecular weight excluding hydrogens is 434 g/mol. The Morgan fingerprint density at radius 3 is 2.24 bits per heavy atom. The molecule has 1 saturated carbocycles. The van der Waals surface area contributed by atoms with Gasteiger partial charge in [0.25, 0.3) is 0 Å². The number of carbonyl (C=O) groups is 1. The van der Waals surface area contributed by atoms with Gasteiger partial charge in [0.2, 0.25) is 15.9 Å². The highest BCUT2D eigenvalue weighted by atomic mass is 32.2. The van der Waals surface area contributed by atoms with Gasteiger partial charge in [-0.05, 0) is 62.3 Å². The highest BCUT2D eigenvalue weighted by molar-refractivity contribution is 7.92. The molecule has 2 fully saturated rings. The fourth-order valence-corrected chi connectivity index (χ4v) is 6.98. The van der Waals surface area contributed by atoms with E-state index in [2.05, 4.69) is 40.5 Å². The second kappa shape index (κ2) is 8.67. The van der Waals surface area contributed by atoms with Crippen LogP contribution >= 0.6 is 0 Å². The topological polar surface area (TPSA) is 69.7 Å². The van der Waals surface area contributed by atoms with Crippen molar-refractivity contribution >= 4 is 27.3 Å². The number of sulfonamides is 1. The Kier molecular flexibility index (Phi) is 5.85. The van der Waals surface area contributed by atoms with Crippen LogP contribution in [0.15, 0.2) is 54.6 Å². The molecule has 1 aliphatic carbocycles. The molecule has 2 heterocycles. The van der Waals surface area contributed by atoms with Crippen LogP contribution in [0.5, 0.6) is 0 Å². The Morgan fingerprint density at radius 2 is 1.58 bits per heavy atom. The van der Waals surface area contributed by atoms with Gasteiger partial charge in [-0.3, -0.25) is 9.10 Å². The van der Waals surface area contributed by atoms with E-state index in [1.807, 2.05) is 24.3 Å². The van der Waals surface area contributed by atoms with Crippen molar-refractivity contribution in [3.63, 3.8) is 0 Å². The molecule has 2 aromatic rings. The van der Waals surface area contributed by atoms with Gasteiger partial charge < -0.3 is 10.2 Å². The second-order valence-corrected chi connectivity index (χ2v) is 11.9. The number of nitrogens with zero attached hydrogens (tertiary/aromatic N) is 2. The Labute approximate surface area is 197 Å². The molecule has 7 heteroatoms. The van der Waals surface area contributed by atoms with Crippen molar-refractivity contribution < 1.29 is 13.2 Å². The van der Waals surface area contributed by atoms with Gasteiger partial charge in [-0.1, -0.05) is 36.4 Å². The smallest absolute Gasteiger partial charge is 0.232 e. The molecule has 33 heavy (non-hydrogen) atoms. The minimum absolute atomic E-state index is 0.0159.